The van der Waals surface area contributed by atoms with E-state index in [0.29, 0.717) is 23.6 Å². The van der Waals surface area contributed by atoms with E-state index in [0.717, 1.165) is 11.1 Å². The molecule has 1 spiro atoms. The number of carbonyl (C=O) groups is 3. The number of para-hydroxylation sites is 1. The van der Waals surface area contributed by atoms with E-state index in [-0.39, 0.29) is 36.2 Å². The molecule has 3 amide bonds. The van der Waals surface area contributed by atoms with Crippen molar-refractivity contribution in [1.29, 1.82) is 0 Å². The lowest BCUT2D eigenvalue weighted by atomic mass is 9.76. The highest BCUT2D eigenvalue weighted by atomic mass is 16.5. The third-order valence-corrected chi connectivity index (χ3v) is 7.44. The highest BCUT2D eigenvalue weighted by Gasteiger charge is 2.70. The first-order valence-corrected chi connectivity index (χ1v) is 11.6. The zero-order chi connectivity index (χ0) is 24.2. The maximum Gasteiger partial charge on any atom is 0.250 e. The number of fused-ring (bicyclic) bond motifs is 4. The van der Waals surface area contributed by atoms with Crippen LogP contribution in [0.2, 0.25) is 0 Å². The van der Waals surface area contributed by atoms with Crippen LogP contribution in [-0.4, -0.2) is 49.4 Å². The van der Waals surface area contributed by atoms with Crippen molar-refractivity contribution < 1.29 is 23.9 Å². The van der Waals surface area contributed by atoms with Gasteiger partial charge in [0, 0.05) is 23.8 Å². The van der Waals surface area contributed by atoms with Gasteiger partial charge < -0.3 is 14.8 Å². The summed E-state index contributed by atoms with van der Waals surface area (Å²) in [6, 6.07) is 12.7. The molecule has 8 heteroatoms. The molecule has 0 radical (unpaired) electrons. The summed E-state index contributed by atoms with van der Waals surface area (Å²) in [5.74, 6) is -0.860. The Morgan fingerprint density at radius 3 is 2.44 bits per heavy atom. The van der Waals surface area contributed by atoms with Crippen LogP contribution in [0.4, 0.5) is 5.69 Å². The first-order valence-electron chi connectivity index (χ1n) is 11.6. The van der Waals surface area contributed by atoms with Crippen LogP contribution in [0.15, 0.2) is 42.5 Å². The van der Waals surface area contributed by atoms with Crippen molar-refractivity contribution in [3.63, 3.8) is 0 Å². The lowest BCUT2D eigenvalue weighted by Gasteiger charge is -2.30. The average molecular weight is 464 g/mol. The van der Waals surface area contributed by atoms with Gasteiger partial charge in [0.05, 0.1) is 26.1 Å². The molecular weight excluding hydrogens is 434 g/mol. The van der Waals surface area contributed by atoms with Crippen molar-refractivity contribution in [3.05, 3.63) is 53.6 Å². The molecule has 2 N–H and O–H groups in total. The van der Waals surface area contributed by atoms with Crippen molar-refractivity contribution in [2.75, 3.05) is 26.1 Å². The Bertz CT molecular complexity index is 1180. The number of imide groups is 1. The number of hydrogen-bond donors (Lipinski definition) is 2. The zero-order valence-corrected chi connectivity index (χ0v) is 19.8. The second-order valence-corrected chi connectivity index (χ2v) is 9.49. The second-order valence-electron chi connectivity index (χ2n) is 9.49. The van der Waals surface area contributed by atoms with E-state index in [9.17, 15) is 14.4 Å². The molecule has 178 valence electrons. The van der Waals surface area contributed by atoms with Gasteiger partial charge in [0.2, 0.25) is 17.7 Å². The van der Waals surface area contributed by atoms with Gasteiger partial charge >= 0.3 is 0 Å². The fourth-order valence-corrected chi connectivity index (χ4v) is 5.82. The van der Waals surface area contributed by atoms with Gasteiger partial charge in [0.1, 0.15) is 5.54 Å². The van der Waals surface area contributed by atoms with E-state index in [1.165, 1.54) is 4.90 Å². The van der Waals surface area contributed by atoms with Crippen LogP contribution in [0.25, 0.3) is 0 Å². The van der Waals surface area contributed by atoms with Gasteiger partial charge in [-0.3, -0.25) is 24.6 Å². The molecule has 3 heterocycles. The summed E-state index contributed by atoms with van der Waals surface area (Å²) >= 11 is 0. The minimum absolute atomic E-state index is 0.0648. The van der Waals surface area contributed by atoms with E-state index in [4.69, 9.17) is 9.47 Å². The molecule has 0 unspecified atom stereocenters. The standard InChI is InChI=1S/C26H29N3O5/c1-14(2)22-20-21(26(28-22)16-7-5-6-8-17(16)27-25(26)32)24(31)29(23(20)30)12-11-15-9-10-18(33-3)19(13-15)34-4/h5-10,13-14,20-22,28H,11-12H2,1-4H3,(H,27,32)/t20-,21-,22+,26-/m0/s1. The highest BCUT2D eigenvalue weighted by molar-refractivity contribution is 6.15. The van der Waals surface area contributed by atoms with Crippen LogP contribution in [0, 0.1) is 17.8 Å². The number of anilines is 1. The van der Waals surface area contributed by atoms with Crippen molar-refractivity contribution in [3.8, 4) is 11.5 Å². The summed E-state index contributed by atoms with van der Waals surface area (Å²) in [7, 11) is 3.14. The maximum atomic E-state index is 13.8. The molecule has 0 aromatic heterocycles. The highest BCUT2D eigenvalue weighted by Crippen LogP contribution is 2.53. The number of ether oxygens (including phenoxy) is 2. The number of amides is 3. The topological polar surface area (TPSA) is 97.0 Å². The largest absolute Gasteiger partial charge is 0.493 e. The van der Waals surface area contributed by atoms with E-state index >= 15 is 0 Å². The number of nitrogens with zero attached hydrogens (tertiary/aromatic N) is 1. The normalized spacial score (nSPS) is 27.4. The first-order chi connectivity index (χ1) is 16.3. The number of benzene rings is 2. The summed E-state index contributed by atoms with van der Waals surface area (Å²) < 4.78 is 10.7. The van der Waals surface area contributed by atoms with Crippen molar-refractivity contribution in [1.82, 2.24) is 10.2 Å². The molecule has 2 saturated heterocycles. The quantitative estimate of drug-likeness (QED) is 0.639. The average Bonchev–Trinajstić information content (AvgIpc) is 3.42. The molecule has 3 aliphatic heterocycles. The van der Waals surface area contributed by atoms with Crippen LogP contribution >= 0.6 is 0 Å². The Kier molecular flexibility index (Phi) is 5.36. The summed E-state index contributed by atoms with van der Waals surface area (Å²) in [6.45, 7) is 4.26. The molecule has 2 aromatic carbocycles. The Balaban J connectivity index is 1.47. The molecule has 2 aromatic rings. The van der Waals surface area contributed by atoms with Crippen molar-refractivity contribution in [2.24, 2.45) is 17.8 Å². The van der Waals surface area contributed by atoms with Crippen LogP contribution in [0.3, 0.4) is 0 Å². The molecule has 0 aliphatic carbocycles. The predicted octanol–water partition coefficient (Wildman–Crippen LogP) is 2.32. The smallest absolute Gasteiger partial charge is 0.250 e. The molecule has 8 nitrogen and oxygen atoms in total. The SMILES string of the molecule is COc1ccc(CCN2C(=O)[C@@H]3[C@@H](C(C)C)N[C@]4(C(=O)Nc5ccccc54)[C@@H]3C2=O)cc1OC. The number of rotatable bonds is 6. The third kappa shape index (κ3) is 3.05. The Morgan fingerprint density at radius 1 is 1.00 bits per heavy atom. The van der Waals surface area contributed by atoms with Crippen molar-refractivity contribution >= 4 is 23.4 Å². The van der Waals surface area contributed by atoms with Crippen molar-refractivity contribution in [2.45, 2.75) is 31.8 Å². The molecule has 3 aliphatic rings. The van der Waals surface area contributed by atoms with Gasteiger partial charge in [-0.2, -0.15) is 0 Å². The van der Waals surface area contributed by atoms with Gasteiger partial charge in [-0.25, -0.2) is 0 Å². The maximum absolute atomic E-state index is 13.8. The zero-order valence-electron chi connectivity index (χ0n) is 19.8. The van der Waals surface area contributed by atoms with E-state index in [2.05, 4.69) is 10.6 Å². The van der Waals surface area contributed by atoms with E-state index < -0.39 is 17.4 Å². The molecule has 5 rings (SSSR count). The molecule has 34 heavy (non-hydrogen) atoms. The van der Waals surface area contributed by atoms with Crippen LogP contribution in [0.1, 0.15) is 25.0 Å². The molecule has 0 bridgehead atoms. The Labute approximate surface area is 198 Å². The molecule has 2 fully saturated rings. The summed E-state index contributed by atoms with van der Waals surface area (Å²) in [6.07, 6.45) is 0.479. The van der Waals surface area contributed by atoms with Crippen LogP contribution in [-0.2, 0) is 26.3 Å². The number of carbonyl (C=O) groups excluding carboxylic acids is 3. The van der Waals surface area contributed by atoms with Gasteiger partial charge in [0.25, 0.3) is 0 Å². The Morgan fingerprint density at radius 2 is 1.74 bits per heavy atom. The molecular formula is C26H29N3O5. The predicted molar refractivity (Wildman–Crippen MR) is 125 cm³/mol. The molecule has 0 saturated carbocycles. The van der Waals surface area contributed by atoms with E-state index in [1.54, 1.807) is 14.2 Å². The summed E-state index contributed by atoms with van der Waals surface area (Å²) in [4.78, 5) is 42.1. The lowest BCUT2D eigenvalue weighted by molar-refractivity contribution is -0.142. The summed E-state index contributed by atoms with van der Waals surface area (Å²) in [5.41, 5.74) is 1.11. The van der Waals surface area contributed by atoms with Gasteiger partial charge in [-0.05, 0) is 36.1 Å². The van der Waals surface area contributed by atoms with Gasteiger partial charge in [0.15, 0.2) is 11.5 Å². The number of methoxy groups -OCH3 is 2. The third-order valence-electron chi connectivity index (χ3n) is 7.44. The first kappa shape index (κ1) is 22.4. The monoisotopic (exact) mass is 463 g/mol. The number of likely N-dealkylation sites (tertiary alicyclic amines) is 1. The van der Waals surface area contributed by atoms with Crippen LogP contribution < -0.4 is 20.1 Å². The minimum atomic E-state index is -1.24. The van der Waals surface area contributed by atoms with E-state index in [1.807, 2.05) is 56.3 Å². The minimum Gasteiger partial charge on any atom is -0.493 e. The lowest BCUT2D eigenvalue weighted by Crippen LogP contribution is -2.54. The molecule has 4 atom stereocenters. The van der Waals surface area contributed by atoms with Gasteiger partial charge in [-0.15, -0.1) is 0 Å². The fraction of sp³-hybridized carbons (Fsp3) is 0.423. The fourth-order valence-electron chi connectivity index (χ4n) is 5.82. The second kappa shape index (κ2) is 8.13. The Hall–Kier alpha value is -3.39. The number of nitrogens with one attached hydrogen (secondary N) is 2. The van der Waals surface area contributed by atoms with Gasteiger partial charge in [-0.1, -0.05) is 38.1 Å². The van der Waals surface area contributed by atoms with Crippen LogP contribution in [0.5, 0.6) is 11.5 Å². The number of hydrogen-bond acceptors (Lipinski definition) is 6. The summed E-state index contributed by atoms with van der Waals surface area (Å²) in [5, 5.41) is 6.37.